The lowest BCUT2D eigenvalue weighted by Crippen LogP contribution is -2.13. The van der Waals surface area contributed by atoms with Crippen LogP contribution in [0.5, 0.6) is 11.5 Å². The van der Waals surface area contributed by atoms with Gasteiger partial charge in [0.15, 0.2) is 9.84 Å². The molecule has 0 saturated carbocycles. The van der Waals surface area contributed by atoms with E-state index < -0.39 is 16.4 Å². The standard InChI is InChI=1S/C25H27N3O5S/c1-25(2,3)20-13-18(33-16-17-7-5-4-6-8-17)14-23(24(20)30)28-26-21-10-9-19(15-22(21)27-28)34(31,32)12-11-29/h4-10,13-15,29-30H,11-12,16H2,1-3H3. The van der Waals surface area contributed by atoms with E-state index in [0.29, 0.717) is 34.6 Å². The number of fused-ring (bicyclic) bond motifs is 1. The molecule has 2 N–H and O–H groups in total. The van der Waals surface area contributed by atoms with Gasteiger partial charge in [-0.25, -0.2) is 8.42 Å². The molecule has 0 bridgehead atoms. The number of phenols is 1. The molecule has 0 unspecified atom stereocenters. The Labute approximate surface area is 198 Å². The van der Waals surface area contributed by atoms with E-state index in [2.05, 4.69) is 10.2 Å². The van der Waals surface area contributed by atoms with Crippen LogP contribution >= 0.6 is 0 Å². The van der Waals surface area contributed by atoms with Crippen LogP contribution in [-0.2, 0) is 21.9 Å². The number of hydrogen-bond donors (Lipinski definition) is 2. The monoisotopic (exact) mass is 481 g/mol. The van der Waals surface area contributed by atoms with Crippen LogP contribution in [0.4, 0.5) is 0 Å². The Bertz CT molecular complexity index is 1420. The van der Waals surface area contributed by atoms with Crippen molar-refractivity contribution in [1.82, 2.24) is 15.0 Å². The van der Waals surface area contributed by atoms with E-state index in [9.17, 15) is 13.5 Å². The predicted octanol–water partition coefficient (Wildman–Crippen LogP) is 3.77. The Morgan fingerprint density at radius 1 is 0.971 bits per heavy atom. The molecule has 9 heteroatoms. The number of ether oxygens (including phenoxy) is 1. The Balaban J connectivity index is 1.77. The number of rotatable bonds is 7. The average molecular weight is 482 g/mol. The van der Waals surface area contributed by atoms with Gasteiger partial charge in [-0.3, -0.25) is 0 Å². The number of nitrogens with zero attached hydrogens (tertiary/aromatic N) is 3. The summed E-state index contributed by atoms with van der Waals surface area (Å²) in [5.41, 5.74) is 2.44. The van der Waals surface area contributed by atoms with Gasteiger partial charge < -0.3 is 14.9 Å². The van der Waals surface area contributed by atoms with E-state index in [0.717, 1.165) is 5.56 Å². The van der Waals surface area contributed by atoms with E-state index in [1.54, 1.807) is 12.1 Å². The van der Waals surface area contributed by atoms with Crippen LogP contribution in [0.25, 0.3) is 16.7 Å². The number of benzene rings is 3. The lowest BCUT2D eigenvalue weighted by atomic mass is 9.86. The molecular weight excluding hydrogens is 454 g/mol. The summed E-state index contributed by atoms with van der Waals surface area (Å²) in [6, 6.07) is 17.6. The molecule has 0 saturated heterocycles. The Kier molecular flexibility index (Phi) is 6.33. The maximum Gasteiger partial charge on any atom is 0.180 e. The summed E-state index contributed by atoms with van der Waals surface area (Å²) in [7, 11) is -3.63. The third kappa shape index (κ3) is 4.90. The largest absolute Gasteiger partial charge is 0.505 e. The first kappa shape index (κ1) is 23.7. The SMILES string of the molecule is CC(C)(C)c1cc(OCc2ccccc2)cc(-n2nc3ccc(S(=O)(=O)CCO)cc3n2)c1O. The van der Waals surface area contributed by atoms with Crippen molar-refractivity contribution in [2.24, 2.45) is 0 Å². The summed E-state index contributed by atoms with van der Waals surface area (Å²) >= 11 is 0. The highest BCUT2D eigenvalue weighted by atomic mass is 32.2. The summed E-state index contributed by atoms with van der Waals surface area (Å²) in [4.78, 5) is 1.34. The molecular formula is C25H27N3O5S. The minimum Gasteiger partial charge on any atom is -0.505 e. The van der Waals surface area contributed by atoms with Crippen LogP contribution in [0.15, 0.2) is 65.6 Å². The minimum absolute atomic E-state index is 0.0213. The molecule has 0 aliphatic carbocycles. The van der Waals surface area contributed by atoms with Crippen molar-refractivity contribution in [3.8, 4) is 17.2 Å². The van der Waals surface area contributed by atoms with Gasteiger partial charge in [-0.2, -0.15) is 0 Å². The summed E-state index contributed by atoms with van der Waals surface area (Å²) < 4.78 is 30.7. The number of hydrogen-bond acceptors (Lipinski definition) is 7. The van der Waals surface area contributed by atoms with Crippen molar-refractivity contribution in [1.29, 1.82) is 0 Å². The number of aromatic nitrogens is 3. The predicted molar refractivity (Wildman–Crippen MR) is 129 cm³/mol. The topological polar surface area (TPSA) is 115 Å². The van der Waals surface area contributed by atoms with Crippen LogP contribution in [-0.4, -0.2) is 46.0 Å². The van der Waals surface area contributed by atoms with E-state index in [1.807, 2.05) is 57.2 Å². The third-order valence-corrected chi connectivity index (χ3v) is 7.10. The summed E-state index contributed by atoms with van der Waals surface area (Å²) in [5, 5.41) is 29.0. The zero-order valence-corrected chi connectivity index (χ0v) is 20.1. The molecule has 0 fully saturated rings. The molecule has 0 amide bonds. The number of aliphatic hydroxyl groups is 1. The van der Waals surface area contributed by atoms with E-state index in [-0.39, 0.29) is 21.8 Å². The molecule has 4 aromatic rings. The lowest BCUT2D eigenvalue weighted by Gasteiger charge is -2.23. The first-order valence-corrected chi connectivity index (χ1v) is 12.5. The first-order valence-electron chi connectivity index (χ1n) is 10.8. The van der Waals surface area contributed by atoms with Crippen LogP contribution < -0.4 is 4.74 Å². The number of sulfone groups is 1. The van der Waals surface area contributed by atoms with Crippen molar-refractivity contribution >= 4 is 20.9 Å². The van der Waals surface area contributed by atoms with Crippen molar-refractivity contribution in [2.45, 2.75) is 37.7 Å². The normalized spacial score (nSPS) is 12.2. The van der Waals surface area contributed by atoms with Gasteiger partial charge in [0.05, 0.1) is 17.3 Å². The van der Waals surface area contributed by atoms with Gasteiger partial charge in [0.2, 0.25) is 0 Å². The zero-order chi connectivity index (χ0) is 24.5. The fourth-order valence-corrected chi connectivity index (χ4v) is 4.62. The zero-order valence-electron chi connectivity index (χ0n) is 19.3. The maximum atomic E-state index is 12.3. The highest BCUT2D eigenvalue weighted by Crippen LogP contribution is 2.38. The van der Waals surface area contributed by atoms with Crippen LogP contribution in [0.3, 0.4) is 0 Å². The fourth-order valence-electron chi connectivity index (χ4n) is 3.58. The van der Waals surface area contributed by atoms with Gasteiger partial charge in [-0.15, -0.1) is 15.0 Å². The van der Waals surface area contributed by atoms with Gasteiger partial charge in [-0.05, 0) is 35.2 Å². The van der Waals surface area contributed by atoms with Crippen molar-refractivity contribution in [3.05, 3.63) is 71.8 Å². The second-order valence-electron chi connectivity index (χ2n) is 9.05. The van der Waals surface area contributed by atoms with Crippen molar-refractivity contribution in [3.63, 3.8) is 0 Å². The average Bonchev–Trinajstić information content (AvgIpc) is 3.21. The summed E-state index contributed by atoms with van der Waals surface area (Å²) in [6.07, 6.45) is 0. The minimum atomic E-state index is -3.63. The van der Waals surface area contributed by atoms with Gasteiger partial charge in [0, 0.05) is 11.6 Å². The van der Waals surface area contributed by atoms with Crippen molar-refractivity contribution in [2.75, 3.05) is 12.4 Å². The molecule has 8 nitrogen and oxygen atoms in total. The molecule has 0 atom stereocenters. The van der Waals surface area contributed by atoms with Gasteiger partial charge in [0.25, 0.3) is 0 Å². The second kappa shape index (κ2) is 9.08. The van der Waals surface area contributed by atoms with E-state index in [4.69, 9.17) is 9.84 Å². The highest BCUT2D eigenvalue weighted by molar-refractivity contribution is 7.91. The van der Waals surface area contributed by atoms with Gasteiger partial charge >= 0.3 is 0 Å². The molecule has 1 aromatic heterocycles. The summed E-state index contributed by atoms with van der Waals surface area (Å²) in [6.45, 7) is 5.84. The molecule has 178 valence electrons. The quantitative estimate of drug-likeness (QED) is 0.413. The Hall–Kier alpha value is -3.43. The number of aliphatic hydroxyl groups excluding tert-OH is 1. The smallest absolute Gasteiger partial charge is 0.180 e. The number of phenolic OH excluding ortho intramolecular Hbond substituents is 1. The lowest BCUT2D eigenvalue weighted by molar-refractivity contribution is 0.304. The van der Waals surface area contributed by atoms with Crippen LogP contribution in [0, 0.1) is 0 Å². The molecule has 4 rings (SSSR count). The Morgan fingerprint density at radius 3 is 2.35 bits per heavy atom. The molecule has 0 aliphatic heterocycles. The summed E-state index contributed by atoms with van der Waals surface area (Å²) in [5.74, 6) is 0.200. The van der Waals surface area contributed by atoms with Gasteiger partial charge in [0.1, 0.15) is 34.8 Å². The van der Waals surface area contributed by atoms with Crippen LogP contribution in [0.2, 0.25) is 0 Å². The van der Waals surface area contributed by atoms with E-state index >= 15 is 0 Å². The van der Waals surface area contributed by atoms with Crippen molar-refractivity contribution < 1.29 is 23.4 Å². The second-order valence-corrected chi connectivity index (χ2v) is 11.2. The molecule has 0 radical (unpaired) electrons. The molecule has 1 heterocycles. The Morgan fingerprint density at radius 2 is 1.68 bits per heavy atom. The molecule has 0 spiro atoms. The maximum absolute atomic E-state index is 12.3. The third-order valence-electron chi connectivity index (χ3n) is 5.41. The molecule has 34 heavy (non-hydrogen) atoms. The first-order chi connectivity index (χ1) is 16.1. The fraction of sp³-hybridized carbons (Fsp3) is 0.280. The van der Waals surface area contributed by atoms with Crippen LogP contribution in [0.1, 0.15) is 31.9 Å². The number of aromatic hydroxyl groups is 1. The highest BCUT2D eigenvalue weighted by Gasteiger charge is 2.24. The van der Waals surface area contributed by atoms with E-state index in [1.165, 1.54) is 16.9 Å². The molecule has 3 aromatic carbocycles. The van der Waals surface area contributed by atoms with Gasteiger partial charge in [-0.1, -0.05) is 51.1 Å². The molecule has 0 aliphatic rings.